The minimum atomic E-state index is -0.215. The average Bonchev–Trinajstić information content (AvgIpc) is 2.52. The molecule has 1 aromatic heterocycles. The van der Waals surface area contributed by atoms with Gasteiger partial charge in [-0.2, -0.15) is 0 Å². The molecule has 0 radical (unpaired) electrons. The Kier molecular flexibility index (Phi) is 4.55. The summed E-state index contributed by atoms with van der Waals surface area (Å²) in [5.74, 6) is 0.540. The van der Waals surface area contributed by atoms with Crippen molar-refractivity contribution in [1.29, 1.82) is 0 Å². The Morgan fingerprint density at radius 2 is 2.10 bits per heavy atom. The number of carbonyl (C=O) groups is 1. The van der Waals surface area contributed by atoms with Gasteiger partial charge in [0.25, 0.3) is 5.91 Å². The fourth-order valence-corrected chi connectivity index (χ4v) is 1.83. The first-order chi connectivity index (χ1) is 9.74. The van der Waals surface area contributed by atoms with Crippen molar-refractivity contribution in [1.82, 2.24) is 10.3 Å². The van der Waals surface area contributed by atoms with Crippen molar-refractivity contribution in [3.63, 3.8) is 0 Å². The van der Waals surface area contributed by atoms with Crippen molar-refractivity contribution in [2.75, 3.05) is 19.5 Å². The molecule has 0 unspecified atom stereocenters. The highest BCUT2D eigenvalue weighted by Gasteiger charge is 2.09. The van der Waals surface area contributed by atoms with Crippen LogP contribution in [0.4, 0.5) is 5.69 Å². The van der Waals surface area contributed by atoms with Crippen LogP contribution in [0.2, 0.25) is 0 Å². The lowest BCUT2D eigenvalue weighted by Gasteiger charge is -2.09. The molecule has 0 saturated heterocycles. The maximum atomic E-state index is 12.0. The number of anilines is 1. The Balaban J connectivity index is 2.04. The van der Waals surface area contributed by atoms with Crippen LogP contribution in [0.25, 0.3) is 0 Å². The van der Waals surface area contributed by atoms with Gasteiger partial charge in [-0.1, -0.05) is 18.2 Å². The fourth-order valence-electron chi connectivity index (χ4n) is 1.83. The van der Waals surface area contributed by atoms with Gasteiger partial charge in [-0.25, -0.2) is 0 Å². The predicted octanol–water partition coefficient (Wildman–Crippen LogP) is 2.06. The largest absolute Gasteiger partial charge is 0.496 e. The van der Waals surface area contributed by atoms with Gasteiger partial charge in [-0.05, 0) is 18.2 Å². The summed E-state index contributed by atoms with van der Waals surface area (Å²) in [6.45, 7) is 0.397. The molecule has 1 aromatic carbocycles. The molecule has 0 fully saturated rings. The maximum Gasteiger partial charge on any atom is 0.270 e. The molecule has 2 aromatic rings. The van der Waals surface area contributed by atoms with E-state index in [2.05, 4.69) is 15.6 Å². The van der Waals surface area contributed by atoms with Crippen molar-refractivity contribution in [2.45, 2.75) is 6.54 Å². The molecule has 0 aliphatic heterocycles. The van der Waals surface area contributed by atoms with E-state index in [9.17, 15) is 4.79 Å². The molecule has 104 valence electrons. The number of rotatable bonds is 5. The molecular formula is C15H17N3O2. The van der Waals surface area contributed by atoms with Gasteiger partial charge in [-0.15, -0.1) is 0 Å². The van der Waals surface area contributed by atoms with Crippen LogP contribution in [0.1, 0.15) is 16.1 Å². The minimum absolute atomic E-state index is 0.215. The lowest BCUT2D eigenvalue weighted by atomic mass is 10.2. The molecule has 1 amide bonds. The molecule has 2 N–H and O–H groups in total. The molecule has 0 aliphatic carbocycles. The van der Waals surface area contributed by atoms with Crippen molar-refractivity contribution in [3.05, 3.63) is 53.9 Å². The first-order valence-corrected chi connectivity index (χ1v) is 6.28. The van der Waals surface area contributed by atoms with Gasteiger partial charge in [-0.3, -0.25) is 9.78 Å². The number of ether oxygens (including phenoxy) is 1. The van der Waals surface area contributed by atoms with Crippen LogP contribution in [0.5, 0.6) is 5.75 Å². The molecule has 5 nitrogen and oxygen atoms in total. The van der Waals surface area contributed by atoms with Crippen LogP contribution in [-0.2, 0) is 6.54 Å². The third-order valence-electron chi connectivity index (χ3n) is 2.91. The lowest BCUT2D eigenvalue weighted by molar-refractivity contribution is 0.0946. The number of aromatic nitrogens is 1. The van der Waals surface area contributed by atoms with Crippen molar-refractivity contribution >= 4 is 11.6 Å². The second kappa shape index (κ2) is 6.56. The minimum Gasteiger partial charge on any atom is -0.496 e. The molecular weight excluding hydrogens is 254 g/mol. The summed E-state index contributed by atoms with van der Waals surface area (Å²) in [4.78, 5) is 16.1. The van der Waals surface area contributed by atoms with Crippen LogP contribution in [0, 0.1) is 0 Å². The summed E-state index contributed by atoms with van der Waals surface area (Å²) in [6.07, 6.45) is 1.60. The van der Waals surface area contributed by atoms with Crippen LogP contribution < -0.4 is 15.4 Å². The first kappa shape index (κ1) is 13.9. The Morgan fingerprint density at radius 3 is 2.85 bits per heavy atom. The van der Waals surface area contributed by atoms with E-state index in [0.717, 1.165) is 17.0 Å². The van der Waals surface area contributed by atoms with Gasteiger partial charge < -0.3 is 15.4 Å². The molecule has 0 aliphatic rings. The normalized spacial score (nSPS) is 9.90. The number of methoxy groups -OCH3 is 1. The van der Waals surface area contributed by atoms with Crippen LogP contribution in [0.15, 0.2) is 42.6 Å². The van der Waals surface area contributed by atoms with E-state index in [0.29, 0.717) is 12.2 Å². The van der Waals surface area contributed by atoms with Crippen molar-refractivity contribution < 1.29 is 9.53 Å². The SMILES string of the molecule is CNc1ccnc(C(=O)NCc2ccccc2OC)c1. The number of benzene rings is 1. The van der Waals surface area contributed by atoms with Gasteiger partial charge in [0.15, 0.2) is 0 Å². The van der Waals surface area contributed by atoms with Crippen molar-refractivity contribution in [3.8, 4) is 5.75 Å². The predicted molar refractivity (Wildman–Crippen MR) is 77.9 cm³/mol. The molecule has 5 heteroatoms. The molecule has 2 rings (SSSR count). The molecule has 0 spiro atoms. The number of hydrogen-bond acceptors (Lipinski definition) is 4. The molecule has 20 heavy (non-hydrogen) atoms. The zero-order valence-corrected chi connectivity index (χ0v) is 11.5. The van der Waals surface area contributed by atoms with E-state index in [4.69, 9.17) is 4.74 Å². The molecule has 1 heterocycles. The highest BCUT2D eigenvalue weighted by atomic mass is 16.5. The van der Waals surface area contributed by atoms with E-state index in [1.807, 2.05) is 24.3 Å². The summed E-state index contributed by atoms with van der Waals surface area (Å²) in [5, 5.41) is 5.81. The van der Waals surface area contributed by atoms with E-state index in [1.165, 1.54) is 0 Å². The number of carbonyl (C=O) groups excluding carboxylic acids is 1. The topological polar surface area (TPSA) is 63.2 Å². The second-order valence-corrected chi connectivity index (χ2v) is 4.17. The smallest absolute Gasteiger partial charge is 0.270 e. The van der Waals surface area contributed by atoms with Gasteiger partial charge >= 0.3 is 0 Å². The maximum absolute atomic E-state index is 12.0. The van der Waals surface area contributed by atoms with Gasteiger partial charge in [0, 0.05) is 31.0 Å². The highest BCUT2D eigenvalue weighted by molar-refractivity contribution is 5.93. The fraction of sp³-hybridized carbons (Fsp3) is 0.200. The van der Waals surface area contributed by atoms with Gasteiger partial charge in [0.2, 0.25) is 0 Å². The number of amides is 1. The average molecular weight is 271 g/mol. The van der Waals surface area contributed by atoms with Gasteiger partial charge in [0.05, 0.1) is 7.11 Å². The zero-order valence-electron chi connectivity index (χ0n) is 11.5. The molecule has 0 bridgehead atoms. The second-order valence-electron chi connectivity index (χ2n) is 4.17. The number of hydrogen-bond donors (Lipinski definition) is 2. The zero-order chi connectivity index (χ0) is 14.4. The van der Waals surface area contributed by atoms with Crippen LogP contribution in [0.3, 0.4) is 0 Å². The summed E-state index contributed by atoms with van der Waals surface area (Å²) < 4.78 is 5.24. The Labute approximate surface area is 118 Å². The third kappa shape index (κ3) is 3.26. The Bertz CT molecular complexity index is 599. The monoisotopic (exact) mass is 271 g/mol. The van der Waals surface area contributed by atoms with E-state index in [1.54, 1.807) is 32.5 Å². The van der Waals surface area contributed by atoms with E-state index in [-0.39, 0.29) is 5.91 Å². The van der Waals surface area contributed by atoms with E-state index >= 15 is 0 Å². The number of nitrogens with one attached hydrogen (secondary N) is 2. The summed E-state index contributed by atoms with van der Waals surface area (Å²) in [6, 6.07) is 11.1. The molecule has 0 saturated carbocycles. The number of para-hydroxylation sites is 1. The standard InChI is InChI=1S/C15H17N3O2/c1-16-12-7-8-17-13(9-12)15(19)18-10-11-5-3-4-6-14(11)20-2/h3-9H,10H2,1-2H3,(H,16,17)(H,18,19). The Hall–Kier alpha value is -2.56. The number of nitrogens with zero attached hydrogens (tertiary/aromatic N) is 1. The first-order valence-electron chi connectivity index (χ1n) is 6.28. The summed E-state index contributed by atoms with van der Waals surface area (Å²) in [5.41, 5.74) is 2.15. The van der Waals surface area contributed by atoms with E-state index < -0.39 is 0 Å². The Morgan fingerprint density at radius 1 is 1.30 bits per heavy atom. The highest BCUT2D eigenvalue weighted by Crippen LogP contribution is 2.16. The van der Waals surface area contributed by atoms with Gasteiger partial charge in [0.1, 0.15) is 11.4 Å². The quantitative estimate of drug-likeness (QED) is 0.873. The van der Waals surface area contributed by atoms with Crippen molar-refractivity contribution in [2.24, 2.45) is 0 Å². The number of pyridine rings is 1. The summed E-state index contributed by atoms with van der Waals surface area (Å²) in [7, 11) is 3.41. The van der Waals surface area contributed by atoms with Crippen LogP contribution in [-0.4, -0.2) is 25.0 Å². The molecule has 0 atom stereocenters. The lowest BCUT2D eigenvalue weighted by Crippen LogP contribution is -2.24. The summed E-state index contributed by atoms with van der Waals surface area (Å²) >= 11 is 0. The van der Waals surface area contributed by atoms with Crippen LogP contribution >= 0.6 is 0 Å². The third-order valence-corrected chi connectivity index (χ3v) is 2.91.